The Morgan fingerprint density at radius 1 is 1.00 bits per heavy atom. The summed E-state index contributed by atoms with van der Waals surface area (Å²) in [5.74, 6) is -0.999. The standard InChI is InChI=1S/C21H21N3O3S/c1-22-20(26)17-12-24(9-7-15-5-3-2-4-6-15)13-18(19(17)25)21(27)23-11-16-8-10-28-14-16/h2-6,8,10,12-14H,7,9,11H2,1H3,(H,22,26)(H,23,27). The van der Waals surface area contributed by atoms with Gasteiger partial charge < -0.3 is 15.2 Å². The largest absolute Gasteiger partial charge is 0.355 e. The molecule has 0 bridgehead atoms. The molecule has 6 nitrogen and oxygen atoms in total. The number of nitrogens with zero attached hydrogens (tertiary/aromatic N) is 1. The zero-order chi connectivity index (χ0) is 19.9. The number of carbonyl (C=O) groups excluding carboxylic acids is 2. The number of aryl methyl sites for hydroxylation is 2. The third-order valence-electron chi connectivity index (χ3n) is 4.33. The summed E-state index contributed by atoms with van der Waals surface area (Å²) in [6, 6.07) is 11.8. The Morgan fingerprint density at radius 3 is 2.36 bits per heavy atom. The van der Waals surface area contributed by atoms with Crippen molar-refractivity contribution in [1.82, 2.24) is 15.2 Å². The zero-order valence-electron chi connectivity index (χ0n) is 15.5. The molecule has 0 atom stereocenters. The molecule has 3 aromatic rings. The number of thiophene rings is 1. The topological polar surface area (TPSA) is 80.2 Å². The van der Waals surface area contributed by atoms with Crippen molar-refractivity contribution in [2.75, 3.05) is 7.05 Å². The van der Waals surface area contributed by atoms with E-state index in [1.54, 1.807) is 4.57 Å². The Bertz CT molecular complexity index is 1010. The van der Waals surface area contributed by atoms with Crippen molar-refractivity contribution in [1.29, 1.82) is 0 Å². The van der Waals surface area contributed by atoms with Gasteiger partial charge in [-0.2, -0.15) is 11.3 Å². The first-order valence-corrected chi connectivity index (χ1v) is 9.82. The summed E-state index contributed by atoms with van der Waals surface area (Å²) >= 11 is 1.54. The molecule has 0 spiro atoms. The van der Waals surface area contributed by atoms with E-state index >= 15 is 0 Å². The van der Waals surface area contributed by atoms with Gasteiger partial charge in [-0.15, -0.1) is 0 Å². The lowest BCUT2D eigenvalue weighted by Gasteiger charge is -2.12. The predicted octanol–water partition coefficient (Wildman–Crippen LogP) is 2.44. The summed E-state index contributed by atoms with van der Waals surface area (Å²) in [6.07, 6.45) is 3.73. The third kappa shape index (κ3) is 4.75. The predicted molar refractivity (Wildman–Crippen MR) is 110 cm³/mol. The second-order valence-corrected chi connectivity index (χ2v) is 7.06. The van der Waals surface area contributed by atoms with E-state index in [-0.39, 0.29) is 11.1 Å². The van der Waals surface area contributed by atoms with Crippen LogP contribution in [0.3, 0.4) is 0 Å². The van der Waals surface area contributed by atoms with Gasteiger partial charge in [-0.1, -0.05) is 30.3 Å². The Balaban J connectivity index is 1.85. The van der Waals surface area contributed by atoms with Crippen LogP contribution in [0.5, 0.6) is 0 Å². The fourth-order valence-electron chi connectivity index (χ4n) is 2.79. The van der Waals surface area contributed by atoms with Crippen LogP contribution >= 0.6 is 11.3 Å². The number of hydrogen-bond acceptors (Lipinski definition) is 4. The molecule has 2 heterocycles. The molecule has 2 N–H and O–H groups in total. The molecule has 2 amide bonds. The van der Waals surface area contributed by atoms with E-state index in [1.165, 1.54) is 30.8 Å². The molecule has 0 radical (unpaired) electrons. The lowest BCUT2D eigenvalue weighted by atomic mass is 10.1. The lowest BCUT2D eigenvalue weighted by Crippen LogP contribution is -2.34. The van der Waals surface area contributed by atoms with Crippen molar-refractivity contribution in [2.45, 2.75) is 19.5 Å². The zero-order valence-corrected chi connectivity index (χ0v) is 16.3. The van der Waals surface area contributed by atoms with Gasteiger partial charge >= 0.3 is 0 Å². The van der Waals surface area contributed by atoms with E-state index in [0.717, 1.165) is 11.1 Å². The first kappa shape index (κ1) is 19.6. The van der Waals surface area contributed by atoms with Crippen LogP contribution in [0.15, 0.2) is 64.3 Å². The maximum atomic E-state index is 12.7. The summed E-state index contributed by atoms with van der Waals surface area (Å²) in [5.41, 5.74) is 1.44. The molecule has 3 rings (SSSR count). The number of amides is 2. The van der Waals surface area contributed by atoms with E-state index in [9.17, 15) is 14.4 Å². The van der Waals surface area contributed by atoms with Gasteiger partial charge in [0, 0.05) is 32.5 Å². The average Bonchev–Trinajstić information content (AvgIpc) is 3.25. The summed E-state index contributed by atoms with van der Waals surface area (Å²) in [4.78, 5) is 37.4. The molecular weight excluding hydrogens is 374 g/mol. The van der Waals surface area contributed by atoms with Crippen LogP contribution in [0, 0.1) is 0 Å². The van der Waals surface area contributed by atoms with Crippen molar-refractivity contribution in [3.8, 4) is 0 Å². The second kappa shape index (κ2) is 9.14. The van der Waals surface area contributed by atoms with Crippen LogP contribution < -0.4 is 16.1 Å². The molecule has 0 saturated carbocycles. The van der Waals surface area contributed by atoms with Crippen LogP contribution in [0.2, 0.25) is 0 Å². The normalized spacial score (nSPS) is 10.5. The van der Waals surface area contributed by atoms with Gasteiger partial charge in [-0.25, -0.2) is 0 Å². The first-order valence-electron chi connectivity index (χ1n) is 8.88. The summed E-state index contributed by atoms with van der Waals surface area (Å²) in [7, 11) is 1.46. The highest BCUT2D eigenvalue weighted by Gasteiger charge is 2.18. The molecule has 0 aliphatic carbocycles. The van der Waals surface area contributed by atoms with Crippen LogP contribution in [0.1, 0.15) is 31.8 Å². The van der Waals surface area contributed by atoms with Gasteiger partial charge in [0.25, 0.3) is 11.8 Å². The van der Waals surface area contributed by atoms with Crippen LogP contribution in [0.25, 0.3) is 0 Å². The molecule has 0 aliphatic heterocycles. The number of rotatable bonds is 7. The van der Waals surface area contributed by atoms with E-state index < -0.39 is 17.2 Å². The van der Waals surface area contributed by atoms with Crippen molar-refractivity contribution >= 4 is 23.2 Å². The second-order valence-electron chi connectivity index (χ2n) is 6.28. The molecule has 1 aromatic carbocycles. The minimum Gasteiger partial charge on any atom is -0.355 e. The quantitative estimate of drug-likeness (QED) is 0.645. The third-order valence-corrected chi connectivity index (χ3v) is 5.06. The van der Waals surface area contributed by atoms with Crippen molar-refractivity contribution in [3.05, 3.63) is 92.0 Å². The smallest absolute Gasteiger partial charge is 0.257 e. The SMILES string of the molecule is CNC(=O)c1cn(CCc2ccccc2)cc(C(=O)NCc2ccsc2)c1=O. The average molecular weight is 395 g/mol. The molecule has 0 aliphatic rings. The van der Waals surface area contributed by atoms with Crippen molar-refractivity contribution in [3.63, 3.8) is 0 Å². The molecule has 0 unspecified atom stereocenters. The van der Waals surface area contributed by atoms with Crippen LogP contribution in [-0.2, 0) is 19.5 Å². The fraction of sp³-hybridized carbons (Fsp3) is 0.190. The van der Waals surface area contributed by atoms with Crippen LogP contribution in [-0.4, -0.2) is 23.4 Å². The summed E-state index contributed by atoms with van der Waals surface area (Å²) in [5, 5.41) is 9.06. The number of pyridine rings is 1. The number of aromatic nitrogens is 1. The maximum absolute atomic E-state index is 12.7. The number of hydrogen-bond donors (Lipinski definition) is 2. The molecule has 2 aromatic heterocycles. The van der Waals surface area contributed by atoms with E-state index in [4.69, 9.17) is 0 Å². The number of nitrogens with one attached hydrogen (secondary N) is 2. The molecule has 7 heteroatoms. The van der Waals surface area contributed by atoms with Gasteiger partial charge in [0.05, 0.1) is 0 Å². The van der Waals surface area contributed by atoms with Gasteiger partial charge in [0.15, 0.2) is 0 Å². The number of benzene rings is 1. The van der Waals surface area contributed by atoms with Gasteiger partial charge in [0.1, 0.15) is 11.1 Å². The number of carbonyl (C=O) groups is 2. The maximum Gasteiger partial charge on any atom is 0.257 e. The van der Waals surface area contributed by atoms with E-state index in [1.807, 2.05) is 47.2 Å². The molecular formula is C21H21N3O3S. The Kier molecular flexibility index (Phi) is 6.39. The highest BCUT2D eigenvalue weighted by molar-refractivity contribution is 7.07. The van der Waals surface area contributed by atoms with Gasteiger partial charge in [-0.05, 0) is 34.4 Å². The Morgan fingerprint density at radius 2 is 1.71 bits per heavy atom. The summed E-state index contributed by atoms with van der Waals surface area (Å²) < 4.78 is 1.72. The first-order chi connectivity index (χ1) is 13.6. The fourth-order valence-corrected chi connectivity index (χ4v) is 3.46. The molecule has 0 saturated heterocycles. The molecule has 144 valence electrons. The van der Waals surface area contributed by atoms with Gasteiger partial charge in [0.2, 0.25) is 5.43 Å². The van der Waals surface area contributed by atoms with Crippen LogP contribution in [0.4, 0.5) is 0 Å². The lowest BCUT2D eigenvalue weighted by molar-refractivity contribution is 0.0949. The minimum absolute atomic E-state index is 0.0376. The highest BCUT2D eigenvalue weighted by Crippen LogP contribution is 2.07. The Labute approximate surface area is 166 Å². The van der Waals surface area contributed by atoms with Crippen molar-refractivity contribution in [2.24, 2.45) is 0 Å². The van der Waals surface area contributed by atoms with Crippen molar-refractivity contribution < 1.29 is 9.59 Å². The monoisotopic (exact) mass is 395 g/mol. The summed E-state index contributed by atoms with van der Waals surface area (Å²) in [6.45, 7) is 0.870. The van der Waals surface area contributed by atoms with Gasteiger partial charge in [-0.3, -0.25) is 14.4 Å². The molecule has 0 fully saturated rings. The minimum atomic E-state index is -0.571. The Hall–Kier alpha value is -3.19. The van der Waals surface area contributed by atoms with E-state index in [0.29, 0.717) is 19.5 Å². The highest BCUT2D eigenvalue weighted by atomic mass is 32.1. The van der Waals surface area contributed by atoms with E-state index in [2.05, 4.69) is 10.6 Å². The molecule has 28 heavy (non-hydrogen) atoms.